The standard InChI is InChI=1S/C18H23N5O2/c19-17-13-5-4-12(8-13)16(17)18(24)22-14-2-1-3-15(9-14)25-7-6-23-11-20-10-21-23/h1-3,9-13,16-17H,4-8,19H2,(H,22,24). The molecule has 0 aliphatic heterocycles. The maximum atomic E-state index is 12.6. The lowest BCUT2D eigenvalue weighted by Crippen LogP contribution is -2.42. The predicted octanol–water partition coefficient (Wildman–Crippen LogP) is 1.67. The number of rotatable bonds is 6. The third kappa shape index (κ3) is 3.37. The first kappa shape index (κ1) is 16.1. The molecule has 0 saturated heterocycles. The van der Waals surface area contributed by atoms with E-state index < -0.39 is 0 Å². The topological polar surface area (TPSA) is 95.1 Å². The Morgan fingerprint density at radius 2 is 2.24 bits per heavy atom. The number of hydrogen-bond acceptors (Lipinski definition) is 5. The molecule has 2 fully saturated rings. The van der Waals surface area contributed by atoms with Gasteiger partial charge in [-0.25, -0.2) is 9.67 Å². The van der Waals surface area contributed by atoms with Crippen molar-refractivity contribution in [3.05, 3.63) is 36.9 Å². The number of anilines is 1. The maximum absolute atomic E-state index is 12.6. The summed E-state index contributed by atoms with van der Waals surface area (Å²) in [7, 11) is 0. The number of benzene rings is 1. The maximum Gasteiger partial charge on any atom is 0.229 e. The number of carbonyl (C=O) groups is 1. The number of aromatic nitrogens is 3. The fourth-order valence-corrected chi connectivity index (χ4v) is 4.22. The summed E-state index contributed by atoms with van der Waals surface area (Å²) < 4.78 is 7.44. The van der Waals surface area contributed by atoms with Crippen LogP contribution in [0.3, 0.4) is 0 Å². The van der Waals surface area contributed by atoms with Gasteiger partial charge in [-0.15, -0.1) is 0 Å². The van der Waals surface area contributed by atoms with Crippen LogP contribution in [0.2, 0.25) is 0 Å². The van der Waals surface area contributed by atoms with Crippen molar-refractivity contribution in [1.29, 1.82) is 0 Å². The summed E-state index contributed by atoms with van der Waals surface area (Å²) in [4.78, 5) is 16.5. The van der Waals surface area contributed by atoms with E-state index in [-0.39, 0.29) is 17.9 Å². The van der Waals surface area contributed by atoms with Crippen molar-refractivity contribution >= 4 is 11.6 Å². The molecule has 1 aromatic carbocycles. The van der Waals surface area contributed by atoms with Crippen molar-refractivity contribution in [2.45, 2.75) is 31.8 Å². The van der Waals surface area contributed by atoms with E-state index in [4.69, 9.17) is 10.5 Å². The number of carbonyl (C=O) groups excluding carboxylic acids is 1. The van der Waals surface area contributed by atoms with E-state index in [0.29, 0.717) is 25.0 Å². The van der Waals surface area contributed by atoms with Gasteiger partial charge in [-0.05, 0) is 43.2 Å². The normalized spacial score (nSPS) is 27.4. The summed E-state index contributed by atoms with van der Waals surface area (Å²) in [6, 6.07) is 7.47. The third-order valence-corrected chi connectivity index (χ3v) is 5.44. The molecule has 3 N–H and O–H groups in total. The minimum absolute atomic E-state index is 0.000799. The lowest BCUT2D eigenvalue weighted by Gasteiger charge is -2.27. The van der Waals surface area contributed by atoms with Crippen LogP contribution >= 0.6 is 0 Å². The molecule has 132 valence electrons. The number of hydrogen-bond donors (Lipinski definition) is 2. The SMILES string of the molecule is NC1C2CCC(C2)C1C(=O)Nc1cccc(OCCn2cncn2)c1. The molecule has 2 saturated carbocycles. The summed E-state index contributed by atoms with van der Waals surface area (Å²) in [5.74, 6) is 1.67. The van der Waals surface area contributed by atoms with Crippen LogP contribution < -0.4 is 15.8 Å². The van der Waals surface area contributed by atoms with Crippen LogP contribution in [0.15, 0.2) is 36.9 Å². The highest BCUT2D eigenvalue weighted by Crippen LogP contribution is 2.47. The van der Waals surface area contributed by atoms with Crippen LogP contribution in [0.25, 0.3) is 0 Å². The summed E-state index contributed by atoms with van der Waals surface area (Å²) in [5.41, 5.74) is 7.01. The van der Waals surface area contributed by atoms with Gasteiger partial charge >= 0.3 is 0 Å². The first-order valence-corrected chi connectivity index (χ1v) is 8.82. The van der Waals surface area contributed by atoms with Gasteiger partial charge < -0.3 is 15.8 Å². The molecule has 4 unspecified atom stereocenters. The number of nitrogens with one attached hydrogen (secondary N) is 1. The zero-order valence-corrected chi connectivity index (χ0v) is 14.0. The monoisotopic (exact) mass is 341 g/mol. The lowest BCUT2D eigenvalue weighted by atomic mass is 9.84. The minimum Gasteiger partial charge on any atom is -0.492 e. The van der Waals surface area contributed by atoms with Gasteiger partial charge in [-0.2, -0.15) is 5.10 Å². The fourth-order valence-electron chi connectivity index (χ4n) is 4.22. The molecule has 2 aromatic rings. The van der Waals surface area contributed by atoms with Crippen LogP contribution in [0.4, 0.5) is 5.69 Å². The van der Waals surface area contributed by atoms with Crippen molar-refractivity contribution in [2.24, 2.45) is 23.5 Å². The smallest absolute Gasteiger partial charge is 0.229 e. The molecule has 4 rings (SSSR count). The van der Waals surface area contributed by atoms with Crippen LogP contribution in [0, 0.1) is 17.8 Å². The molecular formula is C18H23N5O2. The van der Waals surface area contributed by atoms with Gasteiger partial charge in [0.2, 0.25) is 5.91 Å². The predicted molar refractivity (Wildman–Crippen MR) is 92.9 cm³/mol. The molecule has 2 aliphatic carbocycles. The van der Waals surface area contributed by atoms with Gasteiger partial charge in [0.1, 0.15) is 25.0 Å². The number of amides is 1. The number of ether oxygens (including phenoxy) is 1. The first-order valence-electron chi connectivity index (χ1n) is 8.82. The third-order valence-electron chi connectivity index (χ3n) is 5.44. The van der Waals surface area contributed by atoms with Gasteiger partial charge in [0.15, 0.2) is 0 Å². The quantitative estimate of drug-likeness (QED) is 0.833. The van der Waals surface area contributed by atoms with Gasteiger partial charge in [0.25, 0.3) is 0 Å². The van der Waals surface area contributed by atoms with Crippen molar-refractivity contribution in [1.82, 2.24) is 14.8 Å². The molecule has 0 spiro atoms. The van der Waals surface area contributed by atoms with Gasteiger partial charge in [0.05, 0.1) is 12.5 Å². The van der Waals surface area contributed by atoms with Crippen LogP contribution in [0.1, 0.15) is 19.3 Å². The van der Waals surface area contributed by atoms with Gasteiger partial charge in [-0.1, -0.05) is 6.07 Å². The molecule has 2 bridgehead atoms. The number of fused-ring (bicyclic) bond motifs is 2. The largest absolute Gasteiger partial charge is 0.492 e. The summed E-state index contributed by atoms with van der Waals surface area (Å²) in [6.45, 7) is 1.11. The summed E-state index contributed by atoms with van der Waals surface area (Å²) >= 11 is 0. The Morgan fingerprint density at radius 3 is 3.00 bits per heavy atom. The van der Waals surface area contributed by atoms with Crippen molar-refractivity contribution in [3.63, 3.8) is 0 Å². The molecule has 1 aromatic heterocycles. The van der Waals surface area contributed by atoms with Crippen molar-refractivity contribution < 1.29 is 9.53 Å². The summed E-state index contributed by atoms with van der Waals surface area (Å²) in [6.07, 6.45) is 6.55. The second-order valence-corrected chi connectivity index (χ2v) is 6.96. The Labute approximate surface area is 146 Å². The highest BCUT2D eigenvalue weighted by atomic mass is 16.5. The minimum atomic E-state index is -0.0596. The number of nitrogens with zero attached hydrogens (tertiary/aromatic N) is 3. The van der Waals surface area contributed by atoms with E-state index in [9.17, 15) is 4.79 Å². The Hall–Kier alpha value is -2.41. The van der Waals surface area contributed by atoms with Gasteiger partial charge in [-0.3, -0.25) is 4.79 Å². The highest BCUT2D eigenvalue weighted by Gasteiger charge is 2.49. The Balaban J connectivity index is 1.34. The Kier molecular flexibility index (Phi) is 4.40. The van der Waals surface area contributed by atoms with Crippen LogP contribution in [0.5, 0.6) is 5.75 Å². The van der Waals surface area contributed by atoms with E-state index >= 15 is 0 Å². The molecule has 7 heteroatoms. The Morgan fingerprint density at radius 1 is 1.36 bits per heavy atom. The second kappa shape index (κ2) is 6.84. The molecule has 1 amide bonds. The van der Waals surface area contributed by atoms with E-state index in [1.54, 1.807) is 11.0 Å². The molecule has 2 aliphatic rings. The summed E-state index contributed by atoms with van der Waals surface area (Å²) in [5, 5.41) is 7.05. The van der Waals surface area contributed by atoms with Gasteiger partial charge in [0, 0.05) is 17.8 Å². The van der Waals surface area contributed by atoms with Crippen LogP contribution in [-0.2, 0) is 11.3 Å². The average molecular weight is 341 g/mol. The average Bonchev–Trinajstić information content (AvgIpc) is 3.32. The van der Waals surface area contributed by atoms with E-state index in [2.05, 4.69) is 15.4 Å². The van der Waals surface area contributed by atoms with Crippen molar-refractivity contribution in [3.8, 4) is 5.75 Å². The van der Waals surface area contributed by atoms with E-state index in [1.165, 1.54) is 12.7 Å². The van der Waals surface area contributed by atoms with E-state index in [0.717, 1.165) is 24.3 Å². The lowest BCUT2D eigenvalue weighted by molar-refractivity contribution is -0.121. The number of nitrogens with two attached hydrogens (primary N) is 1. The Bertz CT molecular complexity index is 731. The zero-order valence-electron chi connectivity index (χ0n) is 14.0. The molecule has 25 heavy (non-hydrogen) atoms. The fraction of sp³-hybridized carbons (Fsp3) is 0.500. The van der Waals surface area contributed by atoms with Crippen LogP contribution in [-0.4, -0.2) is 33.3 Å². The van der Waals surface area contributed by atoms with Crippen molar-refractivity contribution in [2.75, 3.05) is 11.9 Å². The molecular weight excluding hydrogens is 318 g/mol. The molecule has 1 heterocycles. The zero-order chi connectivity index (χ0) is 17.2. The molecule has 4 atom stereocenters. The molecule has 0 radical (unpaired) electrons. The highest BCUT2D eigenvalue weighted by molar-refractivity contribution is 5.93. The van der Waals surface area contributed by atoms with E-state index in [1.807, 2.05) is 24.3 Å². The molecule has 7 nitrogen and oxygen atoms in total. The second-order valence-electron chi connectivity index (χ2n) is 6.96. The first-order chi connectivity index (χ1) is 12.2.